The predicted molar refractivity (Wildman–Crippen MR) is 133 cm³/mol. The fraction of sp³-hybridized carbons (Fsp3) is 0.762. The first-order valence-electron chi connectivity index (χ1n) is 10.9. The number of nitrogens with zero attached hydrogens (tertiary/aromatic N) is 3. The number of thioether (sulfide) groups is 1. The minimum Gasteiger partial charge on any atom is -0.369 e. The third-order valence-electron chi connectivity index (χ3n) is 4.52. The van der Waals surface area contributed by atoms with Crippen molar-refractivity contribution in [1.29, 1.82) is 0 Å². The van der Waals surface area contributed by atoms with Crippen molar-refractivity contribution in [3.63, 3.8) is 0 Å². The van der Waals surface area contributed by atoms with E-state index in [4.69, 9.17) is 5.73 Å². The molecule has 2 unspecified atom stereocenters. The molecule has 0 aliphatic carbocycles. The number of nitrogens with two attached hydrogens (primary N) is 1. The third-order valence-corrected chi connectivity index (χ3v) is 5.78. The second-order valence-electron chi connectivity index (χ2n) is 8.51. The van der Waals surface area contributed by atoms with Crippen molar-refractivity contribution >= 4 is 35.4 Å². The maximum absolute atomic E-state index is 13.0. The van der Waals surface area contributed by atoms with E-state index in [1.807, 2.05) is 57.0 Å². The highest BCUT2D eigenvalue weighted by Crippen LogP contribution is 2.24. The number of carbonyl (C=O) groups excluding carboxylic acids is 4. The van der Waals surface area contributed by atoms with Crippen LogP contribution in [0.5, 0.6) is 0 Å². The fourth-order valence-corrected chi connectivity index (χ4v) is 3.83. The zero-order valence-electron chi connectivity index (χ0n) is 20.8. The molecule has 0 aromatic carbocycles. The van der Waals surface area contributed by atoms with Gasteiger partial charge in [0.15, 0.2) is 0 Å². The van der Waals surface area contributed by atoms with Gasteiger partial charge in [-0.05, 0) is 42.3 Å². The van der Waals surface area contributed by atoms with E-state index in [1.54, 1.807) is 0 Å². The van der Waals surface area contributed by atoms with E-state index < -0.39 is 17.1 Å². The number of nitrogens with one attached hydrogen (secondary N) is 3. The van der Waals surface area contributed by atoms with E-state index in [9.17, 15) is 19.2 Å². The van der Waals surface area contributed by atoms with Crippen molar-refractivity contribution < 1.29 is 19.2 Å². The monoisotopic (exact) mass is 488 g/mol. The largest absolute Gasteiger partial charge is 0.369 e. The van der Waals surface area contributed by atoms with Gasteiger partial charge in [-0.15, -0.1) is 11.8 Å². The highest BCUT2D eigenvalue weighted by molar-refractivity contribution is 8.00. The zero-order valence-corrected chi connectivity index (χ0v) is 21.7. The Kier molecular flexibility index (Phi) is 16.6. The van der Waals surface area contributed by atoms with Crippen LogP contribution in [0.1, 0.15) is 6.42 Å². The van der Waals surface area contributed by atoms with Gasteiger partial charge in [0.05, 0.1) is 17.6 Å². The lowest BCUT2D eigenvalue weighted by atomic mass is 9.98. The molecule has 33 heavy (non-hydrogen) atoms. The summed E-state index contributed by atoms with van der Waals surface area (Å²) in [5, 5.41) is 7.61. The van der Waals surface area contributed by atoms with Gasteiger partial charge in [0.2, 0.25) is 23.6 Å². The molecule has 0 aliphatic heterocycles. The fourth-order valence-electron chi connectivity index (χ4n) is 2.67. The summed E-state index contributed by atoms with van der Waals surface area (Å²) < 4.78 is 0. The van der Waals surface area contributed by atoms with Crippen molar-refractivity contribution in [3.8, 4) is 0 Å². The molecule has 0 rings (SSSR count). The summed E-state index contributed by atoms with van der Waals surface area (Å²) in [6.45, 7) is 3.12. The first-order valence-corrected chi connectivity index (χ1v) is 12.0. The van der Waals surface area contributed by atoms with Crippen molar-refractivity contribution in [2.75, 3.05) is 87.3 Å². The lowest BCUT2D eigenvalue weighted by Crippen LogP contribution is -2.48. The van der Waals surface area contributed by atoms with Crippen LogP contribution >= 0.6 is 11.8 Å². The topological polar surface area (TPSA) is 140 Å². The Morgan fingerprint density at radius 1 is 0.788 bits per heavy atom. The second kappa shape index (κ2) is 17.6. The Labute approximate surface area is 202 Å². The van der Waals surface area contributed by atoms with Gasteiger partial charge in [0, 0.05) is 51.4 Å². The van der Waals surface area contributed by atoms with Crippen molar-refractivity contribution in [2.45, 2.75) is 11.7 Å². The molecule has 0 aromatic rings. The maximum atomic E-state index is 13.0. The van der Waals surface area contributed by atoms with Crippen LogP contribution in [-0.2, 0) is 19.2 Å². The van der Waals surface area contributed by atoms with Gasteiger partial charge < -0.3 is 36.4 Å². The Morgan fingerprint density at radius 2 is 1.24 bits per heavy atom. The summed E-state index contributed by atoms with van der Waals surface area (Å²) in [7, 11) is 11.3. The van der Waals surface area contributed by atoms with E-state index in [2.05, 4.69) is 16.0 Å². The summed E-state index contributed by atoms with van der Waals surface area (Å²) in [6, 6.07) is 0. The Hall–Kier alpha value is -1.89. The molecule has 12 heteroatoms. The van der Waals surface area contributed by atoms with Crippen LogP contribution in [0.15, 0.2) is 0 Å². The smallest absolute Gasteiger partial charge is 0.233 e. The molecular formula is C21H42N7O4S. The maximum Gasteiger partial charge on any atom is 0.233 e. The summed E-state index contributed by atoms with van der Waals surface area (Å²) >= 11 is 1.12. The summed E-state index contributed by atoms with van der Waals surface area (Å²) in [4.78, 5) is 55.6. The number of carbonyl (C=O) groups is 4. The Bertz CT molecular complexity index is 617. The summed E-state index contributed by atoms with van der Waals surface area (Å²) in [6.07, 6.45) is 1.11. The highest BCUT2D eigenvalue weighted by Gasteiger charge is 2.35. The first-order chi connectivity index (χ1) is 15.4. The van der Waals surface area contributed by atoms with Crippen LogP contribution in [0.3, 0.4) is 0 Å². The number of hydrogen-bond acceptors (Lipinski definition) is 8. The summed E-state index contributed by atoms with van der Waals surface area (Å²) in [5.41, 5.74) is 5.19. The van der Waals surface area contributed by atoms with Crippen molar-refractivity contribution in [2.24, 2.45) is 11.7 Å². The van der Waals surface area contributed by atoms with E-state index in [1.165, 1.54) is 6.42 Å². The Balaban J connectivity index is 5.48. The van der Waals surface area contributed by atoms with Gasteiger partial charge in [-0.25, -0.2) is 0 Å². The third kappa shape index (κ3) is 16.4. The molecule has 0 saturated heterocycles. The molecule has 0 heterocycles. The molecule has 1 radical (unpaired) electrons. The van der Waals surface area contributed by atoms with E-state index in [-0.39, 0.29) is 29.9 Å². The van der Waals surface area contributed by atoms with Gasteiger partial charge in [-0.2, -0.15) is 0 Å². The first kappa shape index (κ1) is 31.1. The number of primary amides is 1. The van der Waals surface area contributed by atoms with Crippen molar-refractivity contribution in [3.05, 3.63) is 6.42 Å². The highest BCUT2D eigenvalue weighted by atomic mass is 32.2. The molecule has 0 aliphatic rings. The van der Waals surface area contributed by atoms with Crippen LogP contribution < -0.4 is 21.7 Å². The molecule has 0 aromatic heterocycles. The second-order valence-corrected chi connectivity index (χ2v) is 9.69. The molecule has 11 nitrogen and oxygen atoms in total. The number of hydrogen-bond donors (Lipinski definition) is 4. The molecular weight excluding hydrogens is 446 g/mol. The van der Waals surface area contributed by atoms with E-state index in [0.717, 1.165) is 11.8 Å². The summed E-state index contributed by atoms with van der Waals surface area (Å²) in [5.74, 6) is -2.40. The van der Waals surface area contributed by atoms with Crippen LogP contribution in [-0.4, -0.2) is 131 Å². The SMILES string of the molecule is CN(C)CCNC(=O)CC(C(=O)NCCN(C)C)C(SC[CH]C(N)=O)C(=O)NCCN(C)C. The molecule has 5 N–H and O–H groups in total. The predicted octanol–water partition coefficient (Wildman–Crippen LogP) is -2.18. The number of likely N-dealkylation sites (N-methyl/N-ethyl adjacent to an activating group) is 3. The van der Waals surface area contributed by atoms with E-state index in [0.29, 0.717) is 39.3 Å². The van der Waals surface area contributed by atoms with Crippen LogP contribution in [0.4, 0.5) is 0 Å². The van der Waals surface area contributed by atoms with Gasteiger partial charge in [-0.3, -0.25) is 19.2 Å². The normalized spacial score (nSPS) is 13.1. The minimum absolute atomic E-state index is 0.142. The quantitative estimate of drug-likeness (QED) is 0.171. The van der Waals surface area contributed by atoms with E-state index >= 15 is 0 Å². The van der Waals surface area contributed by atoms with Crippen molar-refractivity contribution in [1.82, 2.24) is 30.7 Å². The lowest BCUT2D eigenvalue weighted by molar-refractivity contribution is -0.133. The molecule has 0 spiro atoms. The molecule has 0 fully saturated rings. The molecule has 0 saturated carbocycles. The van der Waals surface area contributed by atoms with Crippen LogP contribution in [0.25, 0.3) is 0 Å². The molecule has 2 atom stereocenters. The van der Waals surface area contributed by atoms with Crippen LogP contribution in [0.2, 0.25) is 0 Å². The standard InChI is InChI=1S/C21H42N7O4S/c1-26(2)11-8-23-18(30)15-16(20(31)24-9-12-27(3)4)19(33-14-7-17(22)29)21(32)25-10-13-28(5)6/h7,16,19H,8-15H2,1-6H3,(H2,22,29)(H,23,30)(H,24,31)(H,25,32). The average Bonchev–Trinajstić information content (AvgIpc) is 2.68. The Morgan fingerprint density at radius 3 is 1.70 bits per heavy atom. The number of amides is 4. The van der Waals surface area contributed by atoms with Crippen LogP contribution in [0, 0.1) is 12.3 Å². The van der Waals surface area contributed by atoms with Gasteiger partial charge in [0.25, 0.3) is 0 Å². The van der Waals surface area contributed by atoms with Gasteiger partial charge >= 0.3 is 0 Å². The van der Waals surface area contributed by atoms with Gasteiger partial charge in [-0.1, -0.05) is 0 Å². The van der Waals surface area contributed by atoms with Gasteiger partial charge in [0.1, 0.15) is 0 Å². The number of rotatable bonds is 18. The average molecular weight is 489 g/mol. The molecule has 191 valence electrons. The minimum atomic E-state index is -0.905. The molecule has 0 bridgehead atoms. The molecule has 4 amide bonds. The lowest BCUT2D eigenvalue weighted by Gasteiger charge is -2.26. The zero-order chi connectivity index (χ0) is 25.4.